The molecule has 1 aliphatic carbocycles. The lowest BCUT2D eigenvalue weighted by molar-refractivity contribution is 0.0437. The molecule has 3 rings (SSSR count). The summed E-state index contributed by atoms with van der Waals surface area (Å²) >= 11 is 6.07. The smallest absolute Gasteiger partial charge is 0.128 e. The summed E-state index contributed by atoms with van der Waals surface area (Å²) in [6.07, 6.45) is 3.74. The van der Waals surface area contributed by atoms with Crippen LogP contribution in [-0.2, 0) is 9.53 Å². The number of nitrogens with zero attached hydrogens (tertiary/aromatic N) is 2. The molecule has 0 saturated carbocycles. The fourth-order valence-electron chi connectivity index (χ4n) is 3.38. The molecule has 1 aromatic rings. The van der Waals surface area contributed by atoms with Crippen molar-refractivity contribution in [2.75, 3.05) is 44.2 Å². The Morgan fingerprint density at radius 1 is 1.30 bits per heavy atom. The molecule has 1 heterocycles. The van der Waals surface area contributed by atoms with Gasteiger partial charge in [-0.2, -0.15) is 0 Å². The van der Waals surface area contributed by atoms with Crippen molar-refractivity contribution >= 4 is 23.2 Å². The minimum atomic E-state index is -0.581. The van der Waals surface area contributed by atoms with Gasteiger partial charge in [0.15, 0.2) is 0 Å². The van der Waals surface area contributed by atoms with Crippen molar-refractivity contribution in [1.82, 2.24) is 4.90 Å². The maximum absolute atomic E-state index is 10.9. The summed E-state index contributed by atoms with van der Waals surface area (Å²) in [5, 5.41) is 11.1. The maximum atomic E-state index is 10.9. The lowest BCUT2D eigenvalue weighted by atomic mass is 10.00. The number of ether oxygens (including phenoxy) is 1. The molecule has 0 spiro atoms. The normalized spacial score (nSPS) is 19.2. The Morgan fingerprint density at radius 2 is 2.07 bits per heavy atom. The SMILES string of the molecule is CC1=C(OCC(O)CN2CCN(c3cccc(Cl)c3)CC2)C=CCC1=C=O. The van der Waals surface area contributed by atoms with E-state index in [1.807, 2.05) is 43.2 Å². The number of hydrogen-bond donors (Lipinski definition) is 1. The minimum Gasteiger partial charge on any atom is -0.491 e. The second-order valence-corrected chi connectivity index (χ2v) is 7.35. The van der Waals surface area contributed by atoms with E-state index in [0.29, 0.717) is 24.3 Å². The lowest BCUT2D eigenvalue weighted by Crippen LogP contribution is -2.49. The van der Waals surface area contributed by atoms with E-state index in [9.17, 15) is 9.90 Å². The average molecular weight is 389 g/mol. The number of β-amino-alcohol motifs (C(OH)–C–C–N with tert-alkyl or cyclic N) is 1. The van der Waals surface area contributed by atoms with E-state index in [2.05, 4.69) is 15.9 Å². The van der Waals surface area contributed by atoms with Crippen LogP contribution in [0.3, 0.4) is 0 Å². The predicted octanol–water partition coefficient (Wildman–Crippen LogP) is 2.83. The van der Waals surface area contributed by atoms with E-state index < -0.39 is 6.10 Å². The molecular formula is C21H25ClN2O3. The van der Waals surface area contributed by atoms with Crippen LogP contribution in [0.5, 0.6) is 0 Å². The van der Waals surface area contributed by atoms with E-state index in [-0.39, 0.29) is 6.61 Å². The third-order valence-electron chi connectivity index (χ3n) is 4.98. The first-order valence-electron chi connectivity index (χ1n) is 9.22. The highest BCUT2D eigenvalue weighted by Crippen LogP contribution is 2.23. The van der Waals surface area contributed by atoms with Crippen LogP contribution >= 0.6 is 11.6 Å². The molecule has 0 radical (unpaired) electrons. The van der Waals surface area contributed by atoms with Crippen LogP contribution in [0.1, 0.15) is 13.3 Å². The van der Waals surface area contributed by atoms with Crippen LogP contribution in [0.2, 0.25) is 5.02 Å². The lowest BCUT2D eigenvalue weighted by Gasteiger charge is -2.37. The number of aliphatic hydroxyl groups is 1. The van der Waals surface area contributed by atoms with Crippen LogP contribution in [0, 0.1) is 0 Å². The van der Waals surface area contributed by atoms with Gasteiger partial charge in [-0.05, 0) is 31.2 Å². The van der Waals surface area contributed by atoms with Crippen molar-refractivity contribution in [2.24, 2.45) is 0 Å². The van der Waals surface area contributed by atoms with E-state index in [0.717, 1.165) is 42.5 Å². The Morgan fingerprint density at radius 3 is 2.78 bits per heavy atom. The molecule has 27 heavy (non-hydrogen) atoms. The molecule has 144 valence electrons. The molecule has 1 fully saturated rings. The predicted molar refractivity (Wildman–Crippen MR) is 108 cm³/mol. The topological polar surface area (TPSA) is 53.0 Å². The van der Waals surface area contributed by atoms with Crippen molar-refractivity contribution in [3.8, 4) is 0 Å². The van der Waals surface area contributed by atoms with Crippen molar-refractivity contribution in [1.29, 1.82) is 0 Å². The first-order chi connectivity index (χ1) is 13.1. The Labute approximate surface area is 165 Å². The maximum Gasteiger partial charge on any atom is 0.128 e. The van der Waals surface area contributed by atoms with Gasteiger partial charge in [0.1, 0.15) is 24.4 Å². The summed E-state index contributed by atoms with van der Waals surface area (Å²) in [5.41, 5.74) is 2.55. The number of benzene rings is 1. The Hall–Kier alpha value is -2.04. The van der Waals surface area contributed by atoms with E-state index >= 15 is 0 Å². The standard InChI is InChI=1S/C21H25ClN2O3/c1-16-17(14-25)4-2-7-21(16)27-15-20(26)13-23-8-10-24(11-9-23)19-6-3-5-18(22)12-19/h2-3,5-7,12,20,26H,4,8-11,13,15H2,1H3. The molecule has 0 amide bonds. The van der Waals surface area contributed by atoms with Gasteiger partial charge in [0, 0.05) is 61.0 Å². The largest absolute Gasteiger partial charge is 0.491 e. The summed E-state index contributed by atoms with van der Waals surface area (Å²) in [6.45, 7) is 6.17. The number of halogens is 1. The summed E-state index contributed by atoms with van der Waals surface area (Å²) in [4.78, 5) is 15.5. The Balaban J connectivity index is 1.45. The summed E-state index contributed by atoms with van der Waals surface area (Å²) < 4.78 is 5.73. The van der Waals surface area contributed by atoms with Gasteiger partial charge in [-0.15, -0.1) is 0 Å². The van der Waals surface area contributed by atoms with Gasteiger partial charge in [0.25, 0.3) is 0 Å². The van der Waals surface area contributed by atoms with Crippen LogP contribution in [0.25, 0.3) is 0 Å². The summed E-state index contributed by atoms with van der Waals surface area (Å²) in [7, 11) is 0. The van der Waals surface area contributed by atoms with Crippen LogP contribution < -0.4 is 4.90 Å². The van der Waals surface area contributed by atoms with Crippen molar-refractivity contribution in [2.45, 2.75) is 19.4 Å². The average Bonchev–Trinajstić information content (AvgIpc) is 2.68. The van der Waals surface area contributed by atoms with Gasteiger partial charge < -0.3 is 14.7 Å². The number of allylic oxidation sites excluding steroid dienone is 4. The minimum absolute atomic E-state index is 0.206. The summed E-state index contributed by atoms with van der Waals surface area (Å²) in [5.74, 6) is 2.59. The highest BCUT2D eigenvalue weighted by Gasteiger charge is 2.20. The summed E-state index contributed by atoms with van der Waals surface area (Å²) in [6, 6.07) is 7.90. The molecule has 2 aliphatic rings. The Kier molecular flexibility index (Phi) is 6.75. The molecule has 1 aromatic carbocycles. The number of carbonyl (C=O) groups excluding carboxylic acids is 1. The number of aliphatic hydroxyl groups excluding tert-OH is 1. The molecule has 0 bridgehead atoms. The van der Waals surface area contributed by atoms with Crippen molar-refractivity contribution in [3.05, 3.63) is 58.3 Å². The highest BCUT2D eigenvalue weighted by atomic mass is 35.5. The molecule has 1 aliphatic heterocycles. The molecule has 1 N–H and O–H groups in total. The van der Waals surface area contributed by atoms with Gasteiger partial charge in [-0.3, -0.25) is 4.90 Å². The fraction of sp³-hybridized carbons (Fsp3) is 0.429. The van der Waals surface area contributed by atoms with E-state index in [1.54, 1.807) is 0 Å². The first-order valence-corrected chi connectivity index (χ1v) is 9.60. The van der Waals surface area contributed by atoms with Crippen LogP contribution in [0.4, 0.5) is 5.69 Å². The number of piperazine rings is 1. The second-order valence-electron chi connectivity index (χ2n) is 6.91. The van der Waals surface area contributed by atoms with Crippen molar-refractivity contribution < 1.29 is 14.6 Å². The molecule has 1 atom stereocenters. The molecular weight excluding hydrogens is 364 g/mol. The zero-order valence-electron chi connectivity index (χ0n) is 15.5. The number of rotatable bonds is 6. The van der Waals surface area contributed by atoms with Crippen LogP contribution in [0.15, 0.2) is 53.3 Å². The third-order valence-corrected chi connectivity index (χ3v) is 5.22. The number of hydrogen-bond acceptors (Lipinski definition) is 5. The number of anilines is 1. The van der Waals surface area contributed by atoms with Gasteiger partial charge in [0.2, 0.25) is 0 Å². The van der Waals surface area contributed by atoms with E-state index in [4.69, 9.17) is 16.3 Å². The van der Waals surface area contributed by atoms with E-state index in [1.165, 1.54) is 0 Å². The van der Waals surface area contributed by atoms with Crippen molar-refractivity contribution in [3.63, 3.8) is 0 Å². The molecule has 5 nitrogen and oxygen atoms in total. The zero-order valence-corrected chi connectivity index (χ0v) is 16.3. The highest BCUT2D eigenvalue weighted by molar-refractivity contribution is 6.30. The zero-order chi connectivity index (χ0) is 19.2. The quantitative estimate of drug-likeness (QED) is 0.759. The van der Waals surface area contributed by atoms with Gasteiger partial charge >= 0.3 is 0 Å². The molecule has 1 unspecified atom stereocenters. The monoisotopic (exact) mass is 388 g/mol. The fourth-order valence-corrected chi connectivity index (χ4v) is 3.57. The Bertz CT molecular complexity index is 775. The first kappa shape index (κ1) is 19.7. The van der Waals surface area contributed by atoms with Gasteiger partial charge in [-0.25, -0.2) is 4.79 Å². The third kappa shape index (κ3) is 5.24. The molecule has 1 saturated heterocycles. The van der Waals surface area contributed by atoms with Crippen LogP contribution in [-0.4, -0.2) is 61.4 Å². The van der Waals surface area contributed by atoms with Gasteiger partial charge in [0.05, 0.1) is 0 Å². The molecule has 6 heteroatoms. The molecule has 0 aromatic heterocycles. The van der Waals surface area contributed by atoms with Gasteiger partial charge in [-0.1, -0.05) is 23.7 Å². The second kappa shape index (κ2) is 9.25.